The van der Waals surface area contributed by atoms with Crippen molar-refractivity contribution in [2.75, 3.05) is 20.3 Å². The summed E-state index contributed by atoms with van der Waals surface area (Å²) in [5, 5.41) is 5.86. The van der Waals surface area contributed by atoms with E-state index in [0.717, 1.165) is 24.1 Å². The standard InChI is InChI=1S/C20H21F4N3O2.HI/c1-25-19(27-12-14-4-5-15(21)10-16(14)20(22,23)24)26-11-13-3-6-17-18(9-13)29-8-2-7-28-17;/h3-6,9-10H,2,7-8,11-12H2,1H3,(H2,25,26,27);1H. The highest BCUT2D eigenvalue weighted by Crippen LogP contribution is 2.32. The molecule has 1 aliphatic heterocycles. The monoisotopic (exact) mass is 539 g/mol. The molecule has 0 saturated heterocycles. The zero-order chi connectivity index (χ0) is 20.9. The quantitative estimate of drug-likeness (QED) is 0.261. The molecular weight excluding hydrogens is 517 g/mol. The fourth-order valence-corrected chi connectivity index (χ4v) is 2.87. The zero-order valence-electron chi connectivity index (χ0n) is 16.2. The van der Waals surface area contributed by atoms with E-state index >= 15 is 0 Å². The molecule has 5 nitrogen and oxygen atoms in total. The van der Waals surface area contributed by atoms with Crippen LogP contribution in [0.2, 0.25) is 0 Å². The number of halogens is 5. The molecule has 0 unspecified atom stereocenters. The molecule has 2 aromatic carbocycles. The second kappa shape index (κ2) is 10.7. The maximum atomic E-state index is 13.2. The van der Waals surface area contributed by atoms with Crippen molar-refractivity contribution in [3.8, 4) is 11.5 Å². The number of guanidine groups is 1. The average Bonchev–Trinajstić information content (AvgIpc) is 2.93. The lowest BCUT2D eigenvalue weighted by atomic mass is 10.1. The number of fused-ring (bicyclic) bond motifs is 1. The lowest BCUT2D eigenvalue weighted by Crippen LogP contribution is -2.36. The first-order valence-corrected chi connectivity index (χ1v) is 9.05. The molecule has 0 atom stereocenters. The SMILES string of the molecule is CN=C(NCc1ccc2c(c1)OCCCO2)NCc1ccc(F)cc1C(F)(F)F.I. The van der Waals surface area contributed by atoms with Crippen LogP contribution in [0.4, 0.5) is 17.6 Å². The van der Waals surface area contributed by atoms with E-state index in [9.17, 15) is 17.6 Å². The Kier molecular flexibility index (Phi) is 8.56. The van der Waals surface area contributed by atoms with Crippen LogP contribution in [0.25, 0.3) is 0 Å². The van der Waals surface area contributed by atoms with Gasteiger partial charge in [-0.2, -0.15) is 13.2 Å². The molecule has 10 heteroatoms. The summed E-state index contributed by atoms with van der Waals surface area (Å²) in [7, 11) is 1.51. The first-order chi connectivity index (χ1) is 13.9. The van der Waals surface area contributed by atoms with E-state index in [1.165, 1.54) is 7.05 Å². The van der Waals surface area contributed by atoms with Crippen LogP contribution in [0.1, 0.15) is 23.1 Å². The molecular formula is C20H22F4IN3O2. The first-order valence-electron chi connectivity index (χ1n) is 9.05. The van der Waals surface area contributed by atoms with Gasteiger partial charge in [-0.1, -0.05) is 12.1 Å². The molecule has 1 heterocycles. The summed E-state index contributed by atoms with van der Waals surface area (Å²) in [6.07, 6.45) is -3.83. The lowest BCUT2D eigenvalue weighted by molar-refractivity contribution is -0.138. The smallest absolute Gasteiger partial charge is 0.416 e. The van der Waals surface area contributed by atoms with Crippen LogP contribution in [-0.4, -0.2) is 26.2 Å². The third kappa shape index (κ3) is 6.38. The van der Waals surface area contributed by atoms with Crippen molar-refractivity contribution < 1.29 is 27.0 Å². The Bertz CT molecular complexity index is 891. The van der Waals surface area contributed by atoms with E-state index in [1.807, 2.05) is 18.2 Å². The normalized spacial score (nSPS) is 13.8. The van der Waals surface area contributed by atoms with E-state index < -0.39 is 17.6 Å². The maximum absolute atomic E-state index is 13.2. The van der Waals surface area contributed by atoms with Gasteiger partial charge < -0.3 is 20.1 Å². The third-order valence-electron chi connectivity index (χ3n) is 4.32. The molecule has 0 bridgehead atoms. The maximum Gasteiger partial charge on any atom is 0.416 e. The average molecular weight is 539 g/mol. The van der Waals surface area contributed by atoms with Gasteiger partial charge in [0, 0.05) is 26.6 Å². The summed E-state index contributed by atoms with van der Waals surface area (Å²) in [4.78, 5) is 4.01. The molecule has 0 aliphatic carbocycles. The molecule has 1 aliphatic rings. The molecule has 30 heavy (non-hydrogen) atoms. The highest BCUT2D eigenvalue weighted by molar-refractivity contribution is 14.0. The number of aliphatic imine (C=N–C) groups is 1. The highest BCUT2D eigenvalue weighted by atomic mass is 127. The van der Waals surface area contributed by atoms with Gasteiger partial charge in [0.1, 0.15) is 5.82 Å². The third-order valence-corrected chi connectivity index (χ3v) is 4.32. The van der Waals surface area contributed by atoms with Crippen LogP contribution in [0.15, 0.2) is 41.4 Å². The van der Waals surface area contributed by atoms with Gasteiger partial charge >= 0.3 is 6.18 Å². The number of benzene rings is 2. The van der Waals surface area contributed by atoms with Gasteiger partial charge in [0.15, 0.2) is 17.5 Å². The minimum Gasteiger partial charge on any atom is -0.490 e. The number of ether oxygens (including phenoxy) is 2. The Balaban J connectivity index is 0.00000320. The summed E-state index contributed by atoms with van der Waals surface area (Å²) in [6, 6.07) is 8.15. The second-order valence-electron chi connectivity index (χ2n) is 6.41. The lowest BCUT2D eigenvalue weighted by Gasteiger charge is -2.16. The highest BCUT2D eigenvalue weighted by Gasteiger charge is 2.33. The number of nitrogens with zero attached hydrogens (tertiary/aromatic N) is 1. The molecule has 3 rings (SSSR count). The van der Waals surface area contributed by atoms with E-state index in [-0.39, 0.29) is 36.1 Å². The molecule has 2 aromatic rings. The van der Waals surface area contributed by atoms with Gasteiger partial charge in [0.2, 0.25) is 0 Å². The van der Waals surface area contributed by atoms with Crippen molar-refractivity contribution in [2.45, 2.75) is 25.7 Å². The van der Waals surface area contributed by atoms with Gasteiger partial charge in [-0.3, -0.25) is 4.99 Å². The molecule has 0 saturated carbocycles. The number of hydrogen-bond donors (Lipinski definition) is 2. The Labute approximate surface area is 188 Å². The van der Waals surface area contributed by atoms with Crippen molar-refractivity contribution in [1.29, 1.82) is 0 Å². The summed E-state index contributed by atoms with van der Waals surface area (Å²) in [6.45, 7) is 1.40. The van der Waals surface area contributed by atoms with Crippen LogP contribution in [0, 0.1) is 5.82 Å². The van der Waals surface area contributed by atoms with Crippen molar-refractivity contribution in [2.24, 2.45) is 4.99 Å². The summed E-state index contributed by atoms with van der Waals surface area (Å²) in [5.41, 5.74) is -0.184. The van der Waals surface area contributed by atoms with Gasteiger partial charge in [-0.05, 0) is 35.4 Å². The first kappa shape index (κ1) is 24.0. The van der Waals surface area contributed by atoms with Crippen molar-refractivity contribution in [1.82, 2.24) is 10.6 Å². The molecule has 164 valence electrons. The summed E-state index contributed by atoms with van der Waals surface area (Å²) in [5.74, 6) is 0.725. The Hall–Kier alpha value is -2.24. The van der Waals surface area contributed by atoms with Gasteiger partial charge in [-0.25, -0.2) is 4.39 Å². The molecule has 2 N–H and O–H groups in total. The van der Waals surface area contributed by atoms with Crippen LogP contribution >= 0.6 is 24.0 Å². The van der Waals surface area contributed by atoms with Crippen LogP contribution in [-0.2, 0) is 19.3 Å². The van der Waals surface area contributed by atoms with Gasteiger partial charge in [0.25, 0.3) is 0 Å². The Morgan fingerprint density at radius 2 is 1.70 bits per heavy atom. The van der Waals surface area contributed by atoms with Crippen LogP contribution in [0.5, 0.6) is 11.5 Å². The van der Waals surface area contributed by atoms with E-state index in [0.29, 0.717) is 43.3 Å². The molecule has 0 radical (unpaired) electrons. The van der Waals surface area contributed by atoms with E-state index in [4.69, 9.17) is 9.47 Å². The summed E-state index contributed by atoms with van der Waals surface area (Å²) < 4.78 is 63.8. The zero-order valence-corrected chi connectivity index (χ0v) is 18.5. The van der Waals surface area contributed by atoms with Crippen molar-refractivity contribution >= 4 is 29.9 Å². The number of rotatable bonds is 4. The number of hydrogen-bond acceptors (Lipinski definition) is 3. The Morgan fingerprint density at radius 3 is 2.40 bits per heavy atom. The Morgan fingerprint density at radius 1 is 1.00 bits per heavy atom. The van der Waals surface area contributed by atoms with E-state index in [1.54, 1.807) is 0 Å². The van der Waals surface area contributed by atoms with Gasteiger partial charge in [0.05, 0.1) is 18.8 Å². The second-order valence-corrected chi connectivity index (χ2v) is 6.41. The van der Waals surface area contributed by atoms with Gasteiger partial charge in [-0.15, -0.1) is 24.0 Å². The minimum absolute atomic E-state index is 0. The topological polar surface area (TPSA) is 54.9 Å². The fraction of sp³-hybridized carbons (Fsp3) is 0.350. The van der Waals surface area contributed by atoms with Crippen molar-refractivity contribution in [3.05, 3.63) is 58.9 Å². The molecule has 0 amide bonds. The number of nitrogens with one attached hydrogen (secondary N) is 2. The molecule has 0 fully saturated rings. The minimum atomic E-state index is -4.64. The largest absolute Gasteiger partial charge is 0.490 e. The molecule has 0 spiro atoms. The van der Waals surface area contributed by atoms with Crippen LogP contribution in [0.3, 0.4) is 0 Å². The predicted octanol–water partition coefficient (Wildman–Crippen LogP) is 4.49. The number of alkyl halides is 3. The van der Waals surface area contributed by atoms with Crippen LogP contribution < -0.4 is 20.1 Å². The fourth-order valence-electron chi connectivity index (χ4n) is 2.87. The summed E-state index contributed by atoms with van der Waals surface area (Å²) >= 11 is 0. The predicted molar refractivity (Wildman–Crippen MR) is 116 cm³/mol. The molecule has 0 aromatic heterocycles. The van der Waals surface area contributed by atoms with Crippen molar-refractivity contribution in [3.63, 3.8) is 0 Å². The van der Waals surface area contributed by atoms with E-state index in [2.05, 4.69) is 15.6 Å².